The van der Waals surface area contributed by atoms with Crippen LogP contribution in [0.5, 0.6) is 11.5 Å². The Morgan fingerprint density at radius 2 is 1.79 bits per heavy atom. The lowest BCUT2D eigenvalue weighted by Crippen LogP contribution is -2.07. The molecule has 0 unspecified atom stereocenters. The molecule has 0 radical (unpaired) electrons. The molecule has 2 aliphatic rings. The third-order valence-corrected chi connectivity index (χ3v) is 7.71. The van der Waals surface area contributed by atoms with Crippen molar-refractivity contribution in [2.45, 2.75) is 45.1 Å². The lowest BCUT2D eigenvalue weighted by Gasteiger charge is -2.19. The first-order valence-corrected chi connectivity index (χ1v) is 13.0. The van der Waals surface area contributed by atoms with Crippen molar-refractivity contribution in [3.8, 4) is 39.8 Å². The van der Waals surface area contributed by atoms with E-state index in [9.17, 15) is 15.2 Å². The summed E-state index contributed by atoms with van der Waals surface area (Å²) >= 11 is 0. The standard InChI is InChI=1S/C32H27N3O4/c1-18-9-21(23-14-34-17-35-15-23)10-19(2)31(18)32-20(13-33)3-5-26-27(32)7-8-28(26)39-24-4-6-25-22(11-30(36)37)16-38-29(25)12-24/h3-6,9-10,12,14-15,17,22,28H,7-8,11,16H2,1-2H3,(H,36,37)/t22-,28-/m1/s1. The molecule has 7 heteroatoms. The molecule has 0 saturated heterocycles. The Bertz CT molecular complexity index is 1620. The molecule has 39 heavy (non-hydrogen) atoms. The predicted molar refractivity (Wildman–Crippen MR) is 146 cm³/mol. The zero-order chi connectivity index (χ0) is 27.1. The Kier molecular flexibility index (Phi) is 6.24. The van der Waals surface area contributed by atoms with Crippen molar-refractivity contribution in [2.24, 2.45) is 0 Å². The van der Waals surface area contributed by atoms with Gasteiger partial charge in [-0.15, -0.1) is 0 Å². The number of aliphatic carboxylic acids is 1. The largest absolute Gasteiger partial charge is 0.492 e. The lowest BCUT2D eigenvalue weighted by atomic mass is 9.86. The molecule has 2 atom stereocenters. The molecular weight excluding hydrogens is 490 g/mol. The molecule has 2 heterocycles. The van der Waals surface area contributed by atoms with Gasteiger partial charge in [0, 0.05) is 41.1 Å². The minimum absolute atomic E-state index is 0.0478. The van der Waals surface area contributed by atoms with Crippen molar-refractivity contribution in [2.75, 3.05) is 6.61 Å². The first-order valence-electron chi connectivity index (χ1n) is 13.0. The molecule has 1 aliphatic carbocycles. The van der Waals surface area contributed by atoms with E-state index in [1.807, 2.05) is 30.3 Å². The third-order valence-electron chi connectivity index (χ3n) is 7.71. The monoisotopic (exact) mass is 517 g/mol. The van der Waals surface area contributed by atoms with E-state index in [-0.39, 0.29) is 18.4 Å². The highest BCUT2D eigenvalue weighted by atomic mass is 16.5. The number of nitriles is 1. The fraction of sp³-hybridized carbons (Fsp3) is 0.250. The molecule has 1 aliphatic heterocycles. The van der Waals surface area contributed by atoms with Crippen molar-refractivity contribution in [1.82, 2.24) is 9.97 Å². The van der Waals surface area contributed by atoms with Crippen molar-refractivity contribution in [3.63, 3.8) is 0 Å². The minimum Gasteiger partial charge on any atom is -0.492 e. The summed E-state index contributed by atoms with van der Waals surface area (Å²) in [5, 5.41) is 19.2. The van der Waals surface area contributed by atoms with E-state index in [4.69, 9.17) is 9.47 Å². The van der Waals surface area contributed by atoms with Crippen molar-refractivity contribution < 1.29 is 19.4 Å². The molecule has 0 fully saturated rings. The second-order valence-electron chi connectivity index (χ2n) is 10.2. The second-order valence-corrected chi connectivity index (χ2v) is 10.2. The number of hydrogen-bond acceptors (Lipinski definition) is 6. The van der Waals surface area contributed by atoms with Gasteiger partial charge in [-0.05, 0) is 72.2 Å². The van der Waals surface area contributed by atoms with Gasteiger partial charge >= 0.3 is 5.97 Å². The number of benzene rings is 3. The van der Waals surface area contributed by atoms with E-state index in [0.717, 1.165) is 62.9 Å². The highest BCUT2D eigenvalue weighted by molar-refractivity contribution is 5.83. The predicted octanol–water partition coefficient (Wildman–Crippen LogP) is 6.32. The van der Waals surface area contributed by atoms with E-state index in [1.165, 1.54) is 6.33 Å². The number of nitrogens with zero attached hydrogens (tertiary/aromatic N) is 3. The Morgan fingerprint density at radius 3 is 2.51 bits per heavy atom. The van der Waals surface area contributed by atoms with Crippen molar-refractivity contribution in [3.05, 3.63) is 94.6 Å². The van der Waals surface area contributed by atoms with Gasteiger partial charge in [-0.1, -0.05) is 24.3 Å². The maximum Gasteiger partial charge on any atom is 0.304 e. The summed E-state index contributed by atoms with van der Waals surface area (Å²) in [4.78, 5) is 19.5. The lowest BCUT2D eigenvalue weighted by molar-refractivity contribution is -0.137. The molecular formula is C32H27N3O4. The molecule has 1 aromatic heterocycles. The Labute approximate surface area is 226 Å². The quantitative estimate of drug-likeness (QED) is 0.319. The molecule has 3 aromatic carbocycles. The molecule has 194 valence electrons. The summed E-state index contributed by atoms with van der Waals surface area (Å²) in [7, 11) is 0. The van der Waals surface area contributed by atoms with E-state index in [1.54, 1.807) is 12.4 Å². The van der Waals surface area contributed by atoms with Crippen LogP contribution in [0.3, 0.4) is 0 Å². The average molecular weight is 518 g/mol. The zero-order valence-electron chi connectivity index (χ0n) is 21.8. The summed E-state index contributed by atoms with van der Waals surface area (Å²) in [6.07, 6.45) is 6.64. The van der Waals surface area contributed by atoms with Crippen LogP contribution in [0.25, 0.3) is 22.3 Å². The van der Waals surface area contributed by atoms with E-state index < -0.39 is 5.97 Å². The highest BCUT2D eigenvalue weighted by Crippen LogP contribution is 2.45. The number of hydrogen-bond donors (Lipinski definition) is 1. The topological polar surface area (TPSA) is 105 Å². The van der Waals surface area contributed by atoms with Crippen LogP contribution in [0.4, 0.5) is 0 Å². The highest BCUT2D eigenvalue weighted by Gasteiger charge is 2.31. The Hall–Kier alpha value is -4.70. The summed E-state index contributed by atoms with van der Waals surface area (Å²) in [5.41, 5.74) is 10.1. The number of carboxylic acids is 1. The van der Waals surface area contributed by atoms with Crippen LogP contribution in [0.2, 0.25) is 0 Å². The SMILES string of the molecule is Cc1cc(-c2cncnc2)cc(C)c1-c1c(C#N)ccc2c1CC[C@H]2Oc1ccc2c(c1)OC[C@H]2CC(=O)O. The molecule has 6 rings (SSSR count). The van der Waals surface area contributed by atoms with Crippen LogP contribution in [0.1, 0.15) is 58.2 Å². The van der Waals surface area contributed by atoms with Gasteiger partial charge in [-0.2, -0.15) is 5.26 Å². The van der Waals surface area contributed by atoms with Gasteiger partial charge in [-0.3, -0.25) is 4.79 Å². The molecule has 7 nitrogen and oxygen atoms in total. The number of carboxylic acid groups (broad SMARTS) is 1. The summed E-state index contributed by atoms with van der Waals surface area (Å²) in [6, 6.07) is 16.3. The second kappa shape index (κ2) is 9.88. The van der Waals surface area contributed by atoms with Gasteiger partial charge in [0.2, 0.25) is 0 Å². The molecule has 0 bridgehead atoms. The fourth-order valence-electron chi connectivity index (χ4n) is 6.01. The van der Waals surface area contributed by atoms with Gasteiger partial charge in [0.15, 0.2) is 0 Å². The number of aryl methyl sites for hydroxylation is 2. The molecule has 0 amide bonds. The third kappa shape index (κ3) is 4.48. The Morgan fingerprint density at radius 1 is 1.05 bits per heavy atom. The van der Waals surface area contributed by atoms with Crippen molar-refractivity contribution in [1.29, 1.82) is 5.26 Å². The fourth-order valence-corrected chi connectivity index (χ4v) is 6.01. The number of aromatic nitrogens is 2. The first kappa shape index (κ1) is 24.6. The van der Waals surface area contributed by atoms with Gasteiger partial charge in [0.1, 0.15) is 23.9 Å². The van der Waals surface area contributed by atoms with Crippen molar-refractivity contribution >= 4 is 5.97 Å². The van der Waals surface area contributed by atoms with Crippen LogP contribution >= 0.6 is 0 Å². The van der Waals surface area contributed by atoms with Crippen LogP contribution in [-0.2, 0) is 11.2 Å². The van der Waals surface area contributed by atoms with E-state index in [2.05, 4.69) is 42.0 Å². The Balaban J connectivity index is 1.34. The summed E-state index contributed by atoms with van der Waals surface area (Å²) in [6.45, 7) is 4.54. The number of carbonyl (C=O) groups is 1. The van der Waals surface area contributed by atoms with Gasteiger partial charge in [0.25, 0.3) is 0 Å². The first-order chi connectivity index (χ1) is 18.9. The average Bonchev–Trinajstić information content (AvgIpc) is 3.52. The van der Waals surface area contributed by atoms with Crippen LogP contribution in [-0.4, -0.2) is 27.7 Å². The molecule has 1 N–H and O–H groups in total. The van der Waals surface area contributed by atoms with E-state index in [0.29, 0.717) is 23.7 Å². The van der Waals surface area contributed by atoms with Gasteiger partial charge in [0.05, 0.1) is 24.7 Å². The normalized spacial score (nSPS) is 17.2. The maximum atomic E-state index is 11.2. The molecule has 4 aromatic rings. The van der Waals surface area contributed by atoms with Crippen LogP contribution < -0.4 is 9.47 Å². The van der Waals surface area contributed by atoms with E-state index >= 15 is 0 Å². The summed E-state index contributed by atoms with van der Waals surface area (Å²) < 4.78 is 12.2. The number of fused-ring (bicyclic) bond motifs is 2. The summed E-state index contributed by atoms with van der Waals surface area (Å²) in [5.74, 6) is 0.405. The van der Waals surface area contributed by atoms with Gasteiger partial charge < -0.3 is 14.6 Å². The maximum absolute atomic E-state index is 11.2. The smallest absolute Gasteiger partial charge is 0.304 e. The van der Waals surface area contributed by atoms with Crippen LogP contribution in [0.15, 0.2) is 61.2 Å². The minimum atomic E-state index is -0.832. The van der Waals surface area contributed by atoms with Gasteiger partial charge in [-0.25, -0.2) is 9.97 Å². The number of rotatable bonds is 6. The zero-order valence-corrected chi connectivity index (χ0v) is 21.8. The van der Waals surface area contributed by atoms with Crippen LogP contribution in [0, 0.1) is 25.2 Å². The molecule has 0 spiro atoms. The molecule has 0 saturated carbocycles. The number of ether oxygens (including phenoxy) is 2.